The Bertz CT molecular complexity index is 542. The van der Waals surface area contributed by atoms with Gasteiger partial charge in [-0.05, 0) is 46.4 Å². The number of hydrogen-bond acceptors (Lipinski definition) is 4. The third-order valence-corrected chi connectivity index (χ3v) is 4.60. The molecule has 0 aromatic heterocycles. The summed E-state index contributed by atoms with van der Waals surface area (Å²) in [4.78, 5) is 13.8. The van der Waals surface area contributed by atoms with Crippen LogP contribution in [0.5, 0.6) is 5.75 Å². The summed E-state index contributed by atoms with van der Waals surface area (Å²) in [5.74, 6) is 0.161. The quantitative estimate of drug-likeness (QED) is 0.464. The Kier molecular flexibility index (Phi) is 3.74. The Labute approximate surface area is 122 Å². The molecule has 3 nitrogen and oxygen atoms in total. The minimum absolute atomic E-state index is 0.0805. The van der Waals surface area contributed by atoms with E-state index < -0.39 is 0 Å². The van der Waals surface area contributed by atoms with E-state index >= 15 is 0 Å². The molecule has 17 heavy (non-hydrogen) atoms. The number of carbonyl (C=O) groups excluding carboxylic acids is 1. The molecule has 1 fully saturated rings. The van der Waals surface area contributed by atoms with Gasteiger partial charge in [-0.25, -0.2) is 0 Å². The number of phenols is 1. The first-order chi connectivity index (χ1) is 7.99. The van der Waals surface area contributed by atoms with E-state index in [0.29, 0.717) is 9.23 Å². The standard InChI is InChI=1S/C11H8INO2S2/c1-13-10(15)9(17-11(13)16)5-6-2-3-8(14)7(12)4-6/h2-5,14H,1H3/b9-5-. The van der Waals surface area contributed by atoms with Gasteiger partial charge >= 0.3 is 0 Å². The summed E-state index contributed by atoms with van der Waals surface area (Å²) in [6.07, 6.45) is 1.78. The van der Waals surface area contributed by atoms with Crippen LogP contribution in [0.25, 0.3) is 6.08 Å². The number of aromatic hydroxyl groups is 1. The minimum Gasteiger partial charge on any atom is -0.507 e. The summed E-state index contributed by atoms with van der Waals surface area (Å²) >= 11 is 8.38. The van der Waals surface area contributed by atoms with Gasteiger partial charge in [0.25, 0.3) is 5.91 Å². The largest absolute Gasteiger partial charge is 0.507 e. The highest BCUT2D eigenvalue weighted by atomic mass is 127. The molecule has 0 aliphatic carbocycles. The van der Waals surface area contributed by atoms with E-state index in [-0.39, 0.29) is 11.7 Å². The summed E-state index contributed by atoms with van der Waals surface area (Å²) in [5.41, 5.74) is 0.876. The van der Waals surface area contributed by atoms with Crippen molar-refractivity contribution in [2.24, 2.45) is 0 Å². The van der Waals surface area contributed by atoms with Crippen molar-refractivity contribution in [3.63, 3.8) is 0 Å². The van der Waals surface area contributed by atoms with E-state index in [9.17, 15) is 9.90 Å². The van der Waals surface area contributed by atoms with Crippen molar-refractivity contribution < 1.29 is 9.90 Å². The van der Waals surface area contributed by atoms with Crippen LogP contribution in [-0.4, -0.2) is 27.3 Å². The fourth-order valence-electron chi connectivity index (χ4n) is 1.31. The van der Waals surface area contributed by atoms with Crippen molar-refractivity contribution in [2.45, 2.75) is 0 Å². The maximum absolute atomic E-state index is 11.8. The third-order valence-electron chi connectivity index (χ3n) is 2.26. The molecule has 1 amide bonds. The fraction of sp³-hybridized carbons (Fsp3) is 0.0909. The van der Waals surface area contributed by atoms with E-state index in [1.165, 1.54) is 16.7 Å². The van der Waals surface area contributed by atoms with Gasteiger partial charge in [0.05, 0.1) is 8.48 Å². The lowest BCUT2D eigenvalue weighted by molar-refractivity contribution is -0.121. The average Bonchev–Trinajstić information content (AvgIpc) is 2.52. The van der Waals surface area contributed by atoms with Crippen LogP contribution in [-0.2, 0) is 4.79 Å². The van der Waals surface area contributed by atoms with Crippen LogP contribution in [0.1, 0.15) is 5.56 Å². The molecule has 0 spiro atoms. The van der Waals surface area contributed by atoms with Crippen LogP contribution >= 0.6 is 46.6 Å². The van der Waals surface area contributed by atoms with Crippen molar-refractivity contribution >= 4 is 62.9 Å². The molecule has 1 aliphatic heterocycles. The highest BCUT2D eigenvalue weighted by Gasteiger charge is 2.28. The van der Waals surface area contributed by atoms with Gasteiger partial charge in [-0.2, -0.15) is 0 Å². The first-order valence-electron chi connectivity index (χ1n) is 4.69. The smallest absolute Gasteiger partial charge is 0.265 e. The molecule has 1 saturated heterocycles. The Balaban J connectivity index is 2.34. The second-order valence-corrected chi connectivity index (χ2v) is 6.29. The van der Waals surface area contributed by atoms with Crippen molar-refractivity contribution in [2.75, 3.05) is 7.05 Å². The summed E-state index contributed by atoms with van der Waals surface area (Å²) in [7, 11) is 1.67. The second kappa shape index (κ2) is 4.95. The van der Waals surface area contributed by atoms with Crippen molar-refractivity contribution in [1.82, 2.24) is 4.90 Å². The summed E-state index contributed by atoms with van der Waals surface area (Å²) in [6.45, 7) is 0. The van der Waals surface area contributed by atoms with Crippen LogP contribution in [0.2, 0.25) is 0 Å². The Hall–Kier alpha value is -0.600. The summed E-state index contributed by atoms with van der Waals surface area (Å²) in [6, 6.07) is 5.19. The van der Waals surface area contributed by atoms with Crippen LogP contribution in [0.15, 0.2) is 23.1 Å². The summed E-state index contributed by atoms with van der Waals surface area (Å²) < 4.78 is 1.32. The number of likely N-dealkylation sites (N-methyl/N-ethyl adjacent to an activating group) is 1. The second-order valence-electron chi connectivity index (χ2n) is 3.45. The van der Waals surface area contributed by atoms with Gasteiger partial charge in [0.15, 0.2) is 0 Å². The molecule has 0 bridgehead atoms. The van der Waals surface area contributed by atoms with Crippen LogP contribution < -0.4 is 0 Å². The molecular weight excluding hydrogens is 369 g/mol. The number of rotatable bonds is 1. The van der Waals surface area contributed by atoms with E-state index in [1.807, 2.05) is 28.7 Å². The number of benzene rings is 1. The molecule has 1 aliphatic rings. The normalized spacial score (nSPS) is 18.2. The average molecular weight is 377 g/mol. The van der Waals surface area contributed by atoms with Gasteiger partial charge in [0, 0.05) is 7.05 Å². The Morgan fingerprint density at radius 1 is 1.53 bits per heavy atom. The molecule has 1 aromatic carbocycles. The highest BCUT2D eigenvalue weighted by molar-refractivity contribution is 14.1. The number of hydrogen-bond donors (Lipinski definition) is 1. The van der Waals surface area contributed by atoms with Gasteiger partial charge < -0.3 is 5.11 Å². The molecule has 1 aromatic rings. The third kappa shape index (κ3) is 2.63. The van der Waals surface area contributed by atoms with Gasteiger partial charge in [-0.1, -0.05) is 30.0 Å². The number of nitrogens with zero attached hydrogens (tertiary/aromatic N) is 1. The highest BCUT2D eigenvalue weighted by Crippen LogP contribution is 2.32. The zero-order valence-electron chi connectivity index (χ0n) is 8.81. The van der Waals surface area contributed by atoms with Gasteiger partial charge in [-0.15, -0.1) is 0 Å². The van der Waals surface area contributed by atoms with Gasteiger partial charge in [0.1, 0.15) is 10.1 Å². The van der Waals surface area contributed by atoms with Crippen LogP contribution in [0, 0.1) is 3.57 Å². The SMILES string of the molecule is CN1C(=O)/C(=C/c2ccc(O)c(I)c2)SC1=S. The molecule has 0 atom stereocenters. The number of thioether (sulfide) groups is 1. The molecule has 6 heteroatoms. The Morgan fingerprint density at radius 3 is 2.76 bits per heavy atom. The Morgan fingerprint density at radius 2 is 2.24 bits per heavy atom. The summed E-state index contributed by atoms with van der Waals surface area (Å²) in [5, 5.41) is 9.41. The molecule has 1 heterocycles. The minimum atomic E-state index is -0.0805. The molecule has 1 N–H and O–H groups in total. The van der Waals surface area contributed by atoms with Gasteiger partial charge in [-0.3, -0.25) is 9.69 Å². The van der Waals surface area contributed by atoms with E-state index in [4.69, 9.17) is 12.2 Å². The maximum Gasteiger partial charge on any atom is 0.265 e. The molecule has 2 rings (SSSR count). The first kappa shape index (κ1) is 12.8. The molecule has 0 radical (unpaired) electrons. The van der Waals surface area contributed by atoms with Crippen LogP contribution in [0.4, 0.5) is 0 Å². The topological polar surface area (TPSA) is 40.5 Å². The monoisotopic (exact) mass is 377 g/mol. The number of halogens is 1. The lowest BCUT2D eigenvalue weighted by atomic mass is 10.2. The lowest BCUT2D eigenvalue weighted by Crippen LogP contribution is -2.22. The predicted octanol–water partition coefficient (Wildman–Crippen LogP) is 2.83. The first-order valence-corrected chi connectivity index (χ1v) is 6.99. The molecular formula is C11H8INO2S2. The molecule has 88 valence electrons. The van der Waals surface area contributed by atoms with Crippen molar-refractivity contribution in [3.8, 4) is 5.75 Å². The fourth-order valence-corrected chi connectivity index (χ4v) is 3.03. The number of amides is 1. The van der Waals surface area contributed by atoms with Gasteiger partial charge in [0.2, 0.25) is 0 Å². The number of carbonyl (C=O) groups is 1. The number of phenolic OH excluding ortho intramolecular Hbond substituents is 1. The predicted molar refractivity (Wildman–Crippen MR) is 81.8 cm³/mol. The molecule has 0 saturated carbocycles. The maximum atomic E-state index is 11.8. The zero-order chi connectivity index (χ0) is 12.6. The van der Waals surface area contributed by atoms with E-state index in [2.05, 4.69) is 0 Å². The van der Waals surface area contributed by atoms with Crippen LogP contribution in [0.3, 0.4) is 0 Å². The van der Waals surface area contributed by atoms with Crippen molar-refractivity contribution in [3.05, 3.63) is 32.2 Å². The lowest BCUT2D eigenvalue weighted by Gasteiger charge is -2.03. The van der Waals surface area contributed by atoms with Crippen molar-refractivity contribution in [1.29, 1.82) is 0 Å². The zero-order valence-corrected chi connectivity index (χ0v) is 12.6. The molecule has 0 unspecified atom stereocenters. The number of thiocarbonyl (C=S) groups is 1. The van der Waals surface area contributed by atoms with E-state index in [0.717, 1.165) is 9.13 Å². The van der Waals surface area contributed by atoms with E-state index in [1.54, 1.807) is 25.3 Å².